The zero-order chi connectivity index (χ0) is 9.90. The first-order valence-electron chi connectivity index (χ1n) is 4.69. The third-order valence-corrected chi connectivity index (χ3v) is 2.18. The molecule has 1 rings (SSSR count). The predicted octanol–water partition coefficient (Wildman–Crippen LogP) is 0.936. The van der Waals surface area contributed by atoms with E-state index in [1.54, 1.807) is 6.20 Å². The van der Waals surface area contributed by atoms with Crippen LogP contribution in [0.25, 0.3) is 0 Å². The fourth-order valence-corrected chi connectivity index (χ4v) is 1.27. The highest BCUT2D eigenvalue weighted by Gasteiger charge is 2.21. The van der Waals surface area contributed by atoms with Crippen LogP contribution in [0.1, 0.15) is 26.7 Å². The Morgan fingerprint density at radius 1 is 1.38 bits per heavy atom. The van der Waals surface area contributed by atoms with Crippen LogP contribution in [0.5, 0.6) is 0 Å². The maximum Gasteiger partial charge on any atom is 0.188 e. The van der Waals surface area contributed by atoms with Crippen LogP contribution in [0.3, 0.4) is 0 Å². The van der Waals surface area contributed by atoms with Crippen molar-refractivity contribution >= 4 is 5.78 Å². The molecule has 0 aromatic heterocycles. The van der Waals surface area contributed by atoms with Gasteiger partial charge in [0, 0.05) is 25.4 Å². The van der Waals surface area contributed by atoms with Crippen molar-refractivity contribution in [1.29, 1.82) is 0 Å². The van der Waals surface area contributed by atoms with Gasteiger partial charge in [-0.15, -0.1) is 0 Å². The normalized spacial score (nSPS) is 18.5. The third kappa shape index (κ3) is 3.19. The Morgan fingerprint density at radius 3 is 2.38 bits per heavy atom. The van der Waals surface area contributed by atoms with Crippen molar-refractivity contribution in [2.45, 2.75) is 32.3 Å². The van der Waals surface area contributed by atoms with Gasteiger partial charge in [0.25, 0.3) is 0 Å². The number of ketones is 1. The molecule has 0 spiro atoms. The highest BCUT2D eigenvalue weighted by molar-refractivity contribution is 5.95. The second-order valence-electron chi connectivity index (χ2n) is 3.98. The lowest BCUT2D eigenvalue weighted by Crippen LogP contribution is -2.29. The number of hydrogen-bond acceptors (Lipinski definition) is 3. The maximum absolute atomic E-state index is 11.3. The average molecular weight is 183 g/mol. The van der Waals surface area contributed by atoms with Gasteiger partial charge in [0.1, 0.15) is 5.60 Å². The van der Waals surface area contributed by atoms with Crippen LogP contribution in [0.2, 0.25) is 0 Å². The fourth-order valence-electron chi connectivity index (χ4n) is 1.27. The fraction of sp³-hybridized carbons (Fsp3) is 0.700. The molecule has 0 bridgehead atoms. The molecule has 1 N–H and O–H groups in total. The SMILES string of the molecule is CC(C)(O)C(=O)/C=C\N1CCCC1. The molecule has 13 heavy (non-hydrogen) atoms. The van der Waals surface area contributed by atoms with Crippen LogP contribution in [0.4, 0.5) is 0 Å². The van der Waals surface area contributed by atoms with Gasteiger partial charge in [-0.2, -0.15) is 0 Å². The van der Waals surface area contributed by atoms with E-state index in [-0.39, 0.29) is 5.78 Å². The van der Waals surface area contributed by atoms with Crippen LogP contribution >= 0.6 is 0 Å². The molecule has 3 heteroatoms. The Labute approximate surface area is 79.0 Å². The second kappa shape index (κ2) is 3.92. The molecule has 0 unspecified atom stereocenters. The molecule has 0 aliphatic carbocycles. The molecule has 3 nitrogen and oxygen atoms in total. The Hall–Kier alpha value is -0.830. The summed E-state index contributed by atoms with van der Waals surface area (Å²) in [7, 11) is 0. The summed E-state index contributed by atoms with van der Waals surface area (Å²) in [5.74, 6) is -0.237. The molecule has 74 valence electrons. The Balaban J connectivity index is 2.43. The molecule has 1 aliphatic heterocycles. The van der Waals surface area contributed by atoms with Crippen molar-refractivity contribution in [2.75, 3.05) is 13.1 Å². The highest BCUT2D eigenvalue weighted by Crippen LogP contribution is 2.09. The quantitative estimate of drug-likeness (QED) is 0.662. The molecule has 0 aromatic rings. The Kier molecular flexibility index (Phi) is 3.09. The van der Waals surface area contributed by atoms with E-state index in [2.05, 4.69) is 4.90 Å². The minimum atomic E-state index is -1.24. The first-order chi connectivity index (χ1) is 6.00. The monoisotopic (exact) mass is 183 g/mol. The van der Waals surface area contributed by atoms with Crippen LogP contribution in [0.15, 0.2) is 12.3 Å². The molecular weight excluding hydrogens is 166 g/mol. The van der Waals surface area contributed by atoms with E-state index < -0.39 is 5.60 Å². The van der Waals surface area contributed by atoms with Crippen molar-refractivity contribution in [3.63, 3.8) is 0 Å². The molecule has 1 heterocycles. The summed E-state index contributed by atoms with van der Waals surface area (Å²) in [6, 6.07) is 0. The van der Waals surface area contributed by atoms with Gasteiger partial charge in [-0.1, -0.05) is 0 Å². The summed E-state index contributed by atoms with van der Waals surface area (Å²) in [5.41, 5.74) is -1.24. The molecular formula is C10H17NO2. The van der Waals surface area contributed by atoms with Crippen molar-refractivity contribution in [3.05, 3.63) is 12.3 Å². The molecule has 1 aliphatic rings. The zero-order valence-electron chi connectivity index (χ0n) is 8.29. The van der Waals surface area contributed by atoms with Gasteiger partial charge in [0.15, 0.2) is 5.78 Å². The minimum absolute atomic E-state index is 0.237. The molecule has 0 atom stereocenters. The second-order valence-corrected chi connectivity index (χ2v) is 3.98. The number of carbonyl (C=O) groups is 1. The largest absolute Gasteiger partial charge is 0.382 e. The first-order valence-corrected chi connectivity index (χ1v) is 4.69. The van der Waals surface area contributed by atoms with E-state index >= 15 is 0 Å². The summed E-state index contributed by atoms with van der Waals surface area (Å²) in [6.45, 7) is 5.05. The summed E-state index contributed by atoms with van der Waals surface area (Å²) in [4.78, 5) is 13.4. The molecule has 0 aromatic carbocycles. The lowest BCUT2D eigenvalue weighted by Gasteiger charge is -2.14. The molecule has 1 fully saturated rings. The predicted molar refractivity (Wildman–Crippen MR) is 51.3 cm³/mol. The van der Waals surface area contributed by atoms with E-state index in [1.807, 2.05) is 0 Å². The number of likely N-dealkylation sites (tertiary alicyclic amines) is 1. The minimum Gasteiger partial charge on any atom is -0.382 e. The number of rotatable bonds is 3. The lowest BCUT2D eigenvalue weighted by atomic mass is 10.0. The highest BCUT2D eigenvalue weighted by atomic mass is 16.3. The van der Waals surface area contributed by atoms with Gasteiger partial charge in [0.05, 0.1) is 0 Å². The van der Waals surface area contributed by atoms with Gasteiger partial charge >= 0.3 is 0 Å². The van der Waals surface area contributed by atoms with Gasteiger partial charge in [-0.05, 0) is 26.7 Å². The Bertz CT molecular complexity index is 209. The first kappa shape index (κ1) is 10.3. The number of carbonyl (C=O) groups excluding carboxylic acids is 1. The Morgan fingerprint density at radius 2 is 1.92 bits per heavy atom. The number of nitrogens with zero attached hydrogens (tertiary/aromatic N) is 1. The molecule has 1 saturated heterocycles. The average Bonchev–Trinajstić information content (AvgIpc) is 2.50. The molecule has 0 saturated carbocycles. The maximum atomic E-state index is 11.3. The van der Waals surface area contributed by atoms with Gasteiger partial charge in [-0.25, -0.2) is 0 Å². The van der Waals surface area contributed by atoms with E-state index in [0.29, 0.717) is 0 Å². The van der Waals surface area contributed by atoms with Crippen LogP contribution in [0, 0.1) is 0 Å². The summed E-state index contributed by atoms with van der Waals surface area (Å²) in [6.07, 6.45) is 5.64. The van der Waals surface area contributed by atoms with Crippen LogP contribution < -0.4 is 0 Å². The van der Waals surface area contributed by atoms with Crippen molar-refractivity contribution in [2.24, 2.45) is 0 Å². The van der Waals surface area contributed by atoms with Gasteiger partial charge in [-0.3, -0.25) is 4.79 Å². The van der Waals surface area contributed by atoms with Gasteiger partial charge < -0.3 is 10.0 Å². The topological polar surface area (TPSA) is 40.5 Å². The van der Waals surface area contributed by atoms with Crippen molar-refractivity contribution in [3.8, 4) is 0 Å². The van der Waals surface area contributed by atoms with E-state index in [1.165, 1.54) is 32.8 Å². The van der Waals surface area contributed by atoms with Crippen molar-refractivity contribution in [1.82, 2.24) is 4.90 Å². The zero-order valence-corrected chi connectivity index (χ0v) is 8.29. The van der Waals surface area contributed by atoms with E-state index in [4.69, 9.17) is 0 Å². The summed E-state index contributed by atoms with van der Waals surface area (Å²) >= 11 is 0. The van der Waals surface area contributed by atoms with Crippen LogP contribution in [-0.4, -0.2) is 34.5 Å². The van der Waals surface area contributed by atoms with E-state index in [0.717, 1.165) is 13.1 Å². The van der Waals surface area contributed by atoms with Crippen molar-refractivity contribution < 1.29 is 9.90 Å². The van der Waals surface area contributed by atoms with Crippen LogP contribution in [-0.2, 0) is 4.79 Å². The lowest BCUT2D eigenvalue weighted by molar-refractivity contribution is -0.128. The smallest absolute Gasteiger partial charge is 0.188 e. The third-order valence-electron chi connectivity index (χ3n) is 2.18. The number of aliphatic hydroxyl groups is 1. The standard InChI is InChI=1S/C10H17NO2/c1-10(2,13)9(12)5-8-11-6-3-4-7-11/h5,8,13H,3-4,6-7H2,1-2H3/b8-5-. The molecule has 0 radical (unpaired) electrons. The molecule has 0 amide bonds. The van der Waals surface area contributed by atoms with Gasteiger partial charge in [0.2, 0.25) is 0 Å². The summed E-state index contributed by atoms with van der Waals surface area (Å²) in [5, 5.41) is 9.34. The summed E-state index contributed by atoms with van der Waals surface area (Å²) < 4.78 is 0. The van der Waals surface area contributed by atoms with E-state index in [9.17, 15) is 9.90 Å². The number of hydrogen-bond donors (Lipinski definition) is 1.